The topological polar surface area (TPSA) is 62.3 Å². The van der Waals surface area contributed by atoms with Gasteiger partial charge in [0.15, 0.2) is 0 Å². The molecular weight excluding hydrogens is 274 g/mol. The Bertz CT molecular complexity index is 498. The first-order chi connectivity index (χ1) is 9.45. The van der Waals surface area contributed by atoms with E-state index in [0.717, 1.165) is 10.7 Å². The fraction of sp³-hybridized carbons (Fsp3) is 0.643. The molecule has 110 valence electrons. The molecule has 1 aliphatic rings. The summed E-state index contributed by atoms with van der Waals surface area (Å²) in [5, 5.41) is 5.80. The predicted octanol–water partition coefficient (Wildman–Crippen LogP) is 1.71. The summed E-state index contributed by atoms with van der Waals surface area (Å²) >= 11 is 1.58. The highest BCUT2D eigenvalue weighted by Gasteiger charge is 2.30. The molecule has 5 nitrogen and oxygen atoms in total. The van der Waals surface area contributed by atoms with Crippen LogP contribution in [-0.2, 0) is 16.1 Å². The Morgan fingerprint density at radius 3 is 2.85 bits per heavy atom. The van der Waals surface area contributed by atoms with Crippen LogP contribution in [0.4, 0.5) is 0 Å². The molecule has 2 rings (SSSR count). The first-order valence-electron chi connectivity index (χ1n) is 6.95. The number of carbonyl (C=O) groups is 2. The third-order valence-electron chi connectivity index (χ3n) is 3.28. The summed E-state index contributed by atoms with van der Waals surface area (Å²) in [6.07, 6.45) is 1.04. The second-order valence-corrected chi connectivity index (χ2v) is 6.68. The molecule has 6 heteroatoms. The van der Waals surface area contributed by atoms with Crippen LogP contribution in [0.15, 0.2) is 5.38 Å². The monoisotopic (exact) mass is 295 g/mol. The van der Waals surface area contributed by atoms with E-state index in [1.165, 1.54) is 0 Å². The van der Waals surface area contributed by atoms with Crippen LogP contribution in [0.5, 0.6) is 0 Å². The van der Waals surface area contributed by atoms with Crippen molar-refractivity contribution >= 4 is 23.2 Å². The number of aryl methyl sites for hydroxylation is 1. The number of nitrogens with zero attached hydrogens (tertiary/aromatic N) is 2. The van der Waals surface area contributed by atoms with Crippen LogP contribution in [-0.4, -0.2) is 34.3 Å². The molecule has 1 aromatic heterocycles. The SMILES string of the molecule is Cc1nc(CN2CCC(=O)NC(CC(C)C)C2=O)cs1. The molecule has 0 saturated carbocycles. The number of hydrogen-bond acceptors (Lipinski definition) is 4. The van der Waals surface area contributed by atoms with Crippen LogP contribution in [0.3, 0.4) is 0 Å². The van der Waals surface area contributed by atoms with Gasteiger partial charge < -0.3 is 10.2 Å². The number of nitrogens with one attached hydrogen (secondary N) is 1. The lowest BCUT2D eigenvalue weighted by Crippen LogP contribution is -2.45. The minimum absolute atomic E-state index is 0.00945. The molecule has 1 unspecified atom stereocenters. The summed E-state index contributed by atoms with van der Waals surface area (Å²) in [7, 11) is 0. The highest BCUT2D eigenvalue weighted by atomic mass is 32.1. The van der Waals surface area contributed by atoms with E-state index in [0.29, 0.717) is 31.8 Å². The Labute approximate surface area is 123 Å². The minimum Gasteiger partial charge on any atom is -0.344 e. The fourth-order valence-corrected chi connectivity index (χ4v) is 2.96. The second kappa shape index (κ2) is 6.35. The summed E-state index contributed by atoms with van der Waals surface area (Å²) < 4.78 is 0. The van der Waals surface area contributed by atoms with E-state index in [1.54, 1.807) is 16.2 Å². The van der Waals surface area contributed by atoms with Crippen molar-refractivity contribution in [2.24, 2.45) is 5.92 Å². The van der Waals surface area contributed by atoms with E-state index in [9.17, 15) is 9.59 Å². The smallest absolute Gasteiger partial charge is 0.245 e. The molecule has 1 N–H and O–H groups in total. The Kier molecular flexibility index (Phi) is 4.75. The van der Waals surface area contributed by atoms with E-state index in [4.69, 9.17) is 0 Å². The van der Waals surface area contributed by atoms with Crippen molar-refractivity contribution in [1.82, 2.24) is 15.2 Å². The van der Waals surface area contributed by atoms with Crippen molar-refractivity contribution in [3.63, 3.8) is 0 Å². The zero-order valence-electron chi connectivity index (χ0n) is 12.2. The van der Waals surface area contributed by atoms with Crippen molar-refractivity contribution in [3.05, 3.63) is 16.1 Å². The first-order valence-corrected chi connectivity index (χ1v) is 7.83. The molecule has 20 heavy (non-hydrogen) atoms. The lowest BCUT2D eigenvalue weighted by atomic mass is 10.0. The number of amides is 2. The summed E-state index contributed by atoms with van der Waals surface area (Å²) in [5.74, 6) is 0.335. The third-order valence-corrected chi connectivity index (χ3v) is 4.10. The molecular formula is C14H21N3O2S. The van der Waals surface area contributed by atoms with Gasteiger partial charge in [0.2, 0.25) is 11.8 Å². The van der Waals surface area contributed by atoms with E-state index in [-0.39, 0.29) is 11.8 Å². The Morgan fingerprint density at radius 1 is 1.50 bits per heavy atom. The van der Waals surface area contributed by atoms with E-state index < -0.39 is 6.04 Å². The van der Waals surface area contributed by atoms with Gasteiger partial charge in [-0.2, -0.15) is 0 Å². The summed E-state index contributed by atoms with van der Waals surface area (Å²) in [4.78, 5) is 30.4. The molecule has 0 radical (unpaired) electrons. The Morgan fingerprint density at radius 2 is 2.25 bits per heavy atom. The summed E-state index contributed by atoms with van der Waals surface area (Å²) in [6.45, 7) is 7.02. The molecule has 1 aliphatic heterocycles. The van der Waals surface area contributed by atoms with Crippen LogP contribution in [0.25, 0.3) is 0 Å². The first kappa shape index (κ1) is 15.0. The molecule has 2 amide bonds. The predicted molar refractivity (Wildman–Crippen MR) is 78.3 cm³/mol. The molecule has 1 saturated heterocycles. The quantitative estimate of drug-likeness (QED) is 0.920. The van der Waals surface area contributed by atoms with Crippen molar-refractivity contribution in [2.75, 3.05) is 6.54 Å². The number of thiazole rings is 1. The maximum atomic E-state index is 12.5. The standard InChI is InChI=1S/C14H21N3O2S/c1-9(2)6-12-14(19)17(5-4-13(18)16-12)7-11-8-20-10(3)15-11/h8-9,12H,4-7H2,1-3H3,(H,16,18). The maximum absolute atomic E-state index is 12.5. The lowest BCUT2D eigenvalue weighted by molar-refractivity contribution is -0.134. The third kappa shape index (κ3) is 3.79. The Hall–Kier alpha value is -1.43. The minimum atomic E-state index is -0.398. The number of carbonyl (C=O) groups excluding carboxylic acids is 2. The van der Waals surface area contributed by atoms with Gasteiger partial charge in [0.05, 0.1) is 17.2 Å². The number of aromatic nitrogens is 1. The van der Waals surface area contributed by atoms with Crippen molar-refractivity contribution < 1.29 is 9.59 Å². The van der Waals surface area contributed by atoms with Gasteiger partial charge in [-0.05, 0) is 19.3 Å². The normalized spacial score (nSPS) is 20.2. The molecule has 0 aliphatic carbocycles. The average Bonchev–Trinajstić information content (AvgIpc) is 2.72. The second-order valence-electron chi connectivity index (χ2n) is 5.62. The molecule has 0 aromatic carbocycles. The summed E-state index contributed by atoms with van der Waals surface area (Å²) in [6, 6.07) is -0.398. The number of hydrogen-bond donors (Lipinski definition) is 1. The van der Waals surface area contributed by atoms with E-state index in [1.807, 2.05) is 12.3 Å². The molecule has 0 spiro atoms. The van der Waals surface area contributed by atoms with Gasteiger partial charge in [0.25, 0.3) is 0 Å². The Balaban J connectivity index is 2.10. The van der Waals surface area contributed by atoms with E-state index >= 15 is 0 Å². The van der Waals surface area contributed by atoms with Crippen molar-refractivity contribution in [3.8, 4) is 0 Å². The van der Waals surface area contributed by atoms with Crippen LogP contribution in [0.1, 0.15) is 37.4 Å². The zero-order valence-corrected chi connectivity index (χ0v) is 13.0. The van der Waals surface area contributed by atoms with Gasteiger partial charge in [0.1, 0.15) is 6.04 Å². The molecule has 1 aromatic rings. The van der Waals surface area contributed by atoms with Crippen LogP contribution in [0, 0.1) is 12.8 Å². The molecule has 1 fully saturated rings. The van der Waals surface area contributed by atoms with Gasteiger partial charge in [-0.15, -0.1) is 11.3 Å². The lowest BCUT2D eigenvalue weighted by Gasteiger charge is -2.24. The number of rotatable bonds is 4. The summed E-state index contributed by atoms with van der Waals surface area (Å²) in [5.41, 5.74) is 0.901. The highest BCUT2D eigenvalue weighted by molar-refractivity contribution is 7.09. The molecule has 1 atom stereocenters. The van der Waals surface area contributed by atoms with Crippen LogP contribution in [0.2, 0.25) is 0 Å². The largest absolute Gasteiger partial charge is 0.344 e. The molecule has 0 bridgehead atoms. The van der Waals surface area contributed by atoms with Crippen molar-refractivity contribution in [2.45, 2.75) is 46.2 Å². The van der Waals surface area contributed by atoms with Gasteiger partial charge in [-0.25, -0.2) is 4.98 Å². The van der Waals surface area contributed by atoms with Gasteiger partial charge in [-0.1, -0.05) is 13.8 Å². The van der Waals surface area contributed by atoms with E-state index in [2.05, 4.69) is 24.1 Å². The maximum Gasteiger partial charge on any atom is 0.245 e. The molecule has 2 heterocycles. The van der Waals surface area contributed by atoms with Gasteiger partial charge >= 0.3 is 0 Å². The fourth-order valence-electron chi connectivity index (χ4n) is 2.36. The van der Waals surface area contributed by atoms with Gasteiger partial charge in [0, 0.05) is 18.3 Å². The zero-order chi connectivity index (χ0) is 14.7. The highest BCUT2D eigenvalue weighted by Crippen LogP contribution is 2.16. The van der Waals surface area contributed by atoms with Gasteiger partial charge in [-0.3, -0.25) is 9.59 Å². The van der Waals surface area contributed by atoms with Crippen molar-refractivity contribution in [1.29, 1.82) is 0 Å². The van der Waals surface area contributed by atoms with Crippen LogP contribution >= 0.6 is 11.3 Å². The van der Waals surface area contributed by atoms with Crippen LogP contribution < -0.4 is 5.32 Å². The average molecular weight is 295 g/mol.